The van der Waals surface area contributed by atoms with Crippen molar-refractivity contribution in [3.8, 4) is 0 Å². The van der Waals surface area contributed by atoms with E-state index in [0.29, 0.717) is 11.5 Å². The molecule has 1 aliphatic carbocycles. The lowest BCUT2D eigenvalue weighted by Gasteiger charge is -2.03. The van der Waals surface area contributed by atoms with Gasteiger partial charge in [0.25, 0.3) is 0 Å². The topological polar surface area (TPSA) is 54.1 Å². The van der Waals surface area contributed by atoms with E-state index < -0.39 is 0 Å². The van der Waals surface area contributed by atoms with E-state index in [0.717, 1.165) is 11.1 Å². The van der Waals surface area contributed by atoms with Crippen LogP contribution in [0.25, 0.3) is 0 Å². The Bertz CT molecular complexity index is 411. The second-order valence-electron chi connectivity index (χ2n) is 2.69. The van der Waals surface area contributed by atoms with Crippen molar-refractivity contribution in [1.29, 1.82) is 0 Å². The number of hydrogen-bond donors (Lipinski definition) is 0. The maximum Gasteiger partial charge on any atom is 0.184 e. The first-order chi connectivity index (χ1) is 5.84. The third-order valence-electron chi connectivity index (χ3n) is 1.92. The predicted molar refractivity (Wildman–Crippen MR) is 41.5 cm³/mol. The lowest BCUT2D eigenvalue weighted by Crippen LogP contribution is -2.01. The summed E-state index contributed by atoms with van der Waals surface area (Å²) >= 11 is 0. The molecule has 0 spiro atoms. The van der Waals surface area contributed by atoms with Crippen LogP contribution in [-0.4, -0.2) is 12.0 Å². The Morgan fingerprint density at radius 1 is 1.17 bits per heavy atom. The van der Waals surface area contributed by atoms with Gasteiger partial charge in [-0.25, -0.2) is 4.99 Å². The summed E-state index contributed by atoms with van der Waals surface area (Å²) < 4.78 is 0. The van der Waals surface area contributed by atoms with Gasteiger partial charge in [-0.15, -0.1) is 10.2 Å². The van der Waals surface area contributed by atoms with E-state index in [4.69, 9.17) is 0 Å². The highest BCUT2D eigenvalue weighted by atomic mass is 16.1. The molecule has 0 fully saturated rings. The summed E-state index contributed by atoms with van der Waals surface area (Å²) in [6.45, 7) is 0. The molecule has 0 amide bonds. The van der Waals surface area contributed by atoms with Crippen molar-refractivity contribution < 1.29 is 4.79 Å². The van der Waals surface area contributed by atoms with Crippen LogP contribution in [-0.2, 0) is 4.79 Å². The zero-order valence-corrected chi connectivity index (χ0v) is 5.98. The van der Waals surface area contributed by atoms with Crippen LogP contribution in [0.2, 0.25) is 0 Å². The minimum absolute atomic E-state index is 0.0442. The monoisotopic (exact) mass is 157 g/mol. The van der Waals surface area contributed by atoms with Crippen molar-refractivity contribution in [3.63, 3.8) is 0 Å². The van der Waals surface area contributed by atoms with E-state index in [1.807, 2.05) is 0 Å². The number of aliphatic imine (C=N–C) groups is 1. The Hall–Kier alpha value is -1.84. The molecule has 0 radical (unpaired) electrons. The number of nitrogens with zero attached hydrogens (tertiary/aromatic N) is 3. The summed E-state index contributed by atoms with van der Waals surface area (Å²) in [6.07, 6.45) is 4.67. The summed E-state index contributed by atoms with van der Waals surface area (Å²) in [5, 5.41) is 7.65. The number of carbonyl (C=O) groups is 1. The molecule has 0 saturated carbocycles. The van der Waals surface area contributed by atoms with Gasteiger partial charge < -0.3 is 0 Å². The number of allylic oxidation sites excluding steroid dienone is 3. The van der Waals surface area contributed by atoms with Gasteiger partial charge in [-0.3, -0.25) is 4.79 Å². The molecular weight excluding hydrogens is 154 g/mol. The van der Waals surface area contributed by atoms with Crippen LogP contribution in [0.4, 0.5) is 0 Å². The molecule has 4 nitrogen and oxygen atoms in total. The summed E-state index contributed by atoms with van der Waals surface area (Å²) in [4.78, 5) is 15.1. The molecule has 12 heavy (non-hydrogen) atoms. The van der Waals surface area contributed by atoms with E-state index >= 15 is 0 Å². The number of ketones is 1. The van der Waals surface area contributed by atoms with Gasteiger partial charge in [-0.05, 0) is 6.08 Å². The van der Waals surface area contributed by atoms with Crippen molar-refractivity contribution in [2.45, 2.75) is 0 Å². The van der Waals surface area contributed by atoms with E-state index in [1.165, 1.54) is 6.08 Å². The molecule has 2 aliphatic heterocycles. The predicted octanol–water partition coefficient (Wildman–Crippen LogP) is 1.14. The summed E-state index contributed by atoms with van der Waals surface area (Å²) in [6, 6.07) is 0. The van der Waals surface area contributed by atoms with Gasteiger partial charge in [-0.1, -0.05) is 0 Å². The van der Waals surface area contributed by atoms with Gasteiger partial charge in [0, 0.05) is 17.9 Å². The van der Waals surface area contributed by atoms with E-state index in [9.17, 15) is 4.79 Å². The van der Waals surface area contributed by atoms with Crippen molar-refractivity contribution in [2.75, 3.05) is 0 Å². The van der Waals surface area contributed by atoms with Gasteiger partial charge in [0.1, 0.15) is 5.70 Å². The molecule has 2 heterocycles. The summed E-state index contributed by atoms with van der Waals surface area (Å²) in [5.74, 6) is 0.581. The fraction of sp³-hybridized carbons (Fsp3) is 0. The molecule has 3 aliphatic rings. The lowest BCUT2D eigenvalue weighted by atomic mass is 9.99. The quantitative estimate of drug-likeness (QED) is 0.520. The molecule has 0 unspecified atom stereocenters. The highest BCUT2D eigenvalue weighted by molar-refractivity contribution is 6.10. The molecule has 0 N–H and O–H groups in total. The van der Waals surface area contributed by atoms with Crippen LogP contribution in [0, 0.1) is 0 Å². The maximum atomic E-state index is 11.1. The van der Waals surface area contributed by atoms with E-state index in [2.05, 4.69) is 15.2 Å². The van der Waals surface area contributed by atoms with Crippen LogP contribution in [0.1, 0.15) is 0 Å². The zero-order chi connectivity index (χ0) is 8.13. The van der Waals surface area contributed by atoms with Gasteiger partial charge in [0.2, 0.25) is 0 Å². The number of rotatable bonds is 0. The Morgan fingerprint density at radius 2 is 2.08 bits per heavy atom. The number of hydrogen-bond acceptors (Lipinski definition) is 4. The van der Waals surface area contributed by atoms with Crippen LogP contribution < -0.4 is 0 Å². The van der Waals surface area contributed by atoms with E-state index in [1.54, 1.807) is 12.3 Å². The average Bonchev–Trinajstić information content (AvgIpc) is 2.59. The molecule has 56 valence electrons. The Labute approximate surface area is 67.7 Å². The first-order valence-corrected chi connectivity index (χ1v) is 3.53. The SMILES string of the molecule is O=C1C=C2C=NC3=C2C(=C1)N=N3. The molecule has 0 aromatic heterocycles. The zero-order valence-electron chi connectivity index (χ0n) is 5.98. The molecule has 0 bridgehead atoms. The van der Waals surface area contributed by atoms with Gasteiger partial charge in [0.05, 0.1) is 5.57 Å². The largest absolute Gasteiger partial charge is 0.290 e. The first kappa shape index (κ1) is 5.77. The third kappa shape index (κ3) is 0.528. The van der Waals surface area contributed by atoms with Gasteiger partial charge in [-0.2, -0.15) is 0 Å². The number of azo groups is 1. The highest BCUT2D eigenvalue weighted by Crippen LogP contribution is 2.36. The second-order valence-corrected chi connectivity index (χ2v) is 2.69. The molecule has 3 rings (SSSR count). The van der Waals surface area contributed by atoms with Gasteiger partial charge >= 0.3 is 0 Å². The number of carbonyl (C=O) groups excluding carboxylic acids is 1. The second kappa shape index (κ2) is 1.66. The standard InChI is InChI=1S/C8H3N3O/c12-5-1-4-3-9-8-7(4)6(2-5)10-11-8/h1-3H. The Balaban J connectivity index is 2.35. The normalized spacial score (nSPS) is 23.2. The fourth-order valence-electron chi connectivity index (χ4n) is 1.42. The molecular formula is C8H3N3O. The summed E-state index contributed by atoms with van der Waals surface area (Å²) in [5.41, 5.74) is 2.37. The maximum absolute atomic E-state index is 11.1. The molecule has 0 saturated heterocycles. The van der Waals surface area contributed by atoms with Crippen LogP contribution in [0.5, 0.6) is 0 Å². The van der Waals surface area contributed by atoms with Crippen molar-refractivity contribution in [3.05, 3.63) is 34.8 Å². The summed E-state index contributed by atoms with van der Waals surface area (Å²) in [7, 11) is 0. The minimum Gasteiger partial charge on any atom is -0.290 e. The fourth-order valence-corrected chi connectivity index (χ4v) is 1.42. The van der Waals surface area contributed by atoms with Crippen LogP contribution in [0.15, 0.2) is 50.0 Å². The third-order valence-corrected chi connectivity index (χ3v) is 1.92. The van der Waals surface area contributed by atoms with Crippen molar-refractivity contribution in [2.24, 2.45) is 15.2 Å². The average molecular weight is 157 g/mol. The Morgan fingerprint density at radius 3 is 3.00 bits per heavy atom. The van der Waals surface area contributed by atoms with Gasteiger partial charge in [0.15, 0.2) is 11.6 Å². The molecule has 0 atom stereocenters. The molecule has 4 heteroatoms. The van der Waals surface area contributed by atoms with Crippen LogP contribution >= 0.6 is 0 Å². The minimum atomic E-state index is -0.0442. The lowest BCUT2D eigenvalue weighted by molar-refractivity contribution is -0.110. The smallest absolute Gasteiger partial charge is 0.184 e. The van der Waals surface area contributed by atoms with Crippen molar-refractivity contribution in [1.82, 2.24) is 0 Å². The van der Waals surface area contributed by atoms with E-state index in [-0.39, 0.29) is 5.78 Å². The highest BCUT2D eigenvalue weighted by Gasteiger charge is 2.28. The first-order valence-electron chi connectivity index (χ1n) is 3.53. The van der Waals surface area contributed by atoms with Crippen molar-refractivity contribution >= 4 is 12.0 Å². The molecule has 0 aromatic rings. The van der Waals surface area contributed by atoms with Crippen LogP contribution in [0.3, 0.4) is 0 Å². The molecule has 0 aromatic carbocycles. The Kier molecular flexibility index (Phi) is 0.798.